The van der Waals surface area contributed by atoms with Crippen LogP contribution in [0.5, 0.6) is 0 Å². The summed E-state index contributed by atoms with van der Waals surface area (Å²) in [5.74, 6) is 0. The van der Waals surface area contributed by atoms with Gasteiger partial charge in [0.25, 0.3) is 0 Å². The van der Waals surface area contributed by atoms with E-state index in [-0.39, 0.29) is 0 Å². The average Bonchev–Trinajstić information content (AvgIpc) is 2.17. The van der Waals surface area contributed by atoms with E-state index in [0.717, 1.165) is 38.8 Å². The standard InChI is InChI=1S/C8H12O2/c9-5-3-8-2-1-6-10-7-4-8/h3,5H,1-2,4,6-7H2/b8-3+. The first-order valence-corrected chi connectivity index (χ1v) is 3.64. The molecule has 0 unspecified atom stereocenters. The summed E-state index contributed by atoms with van der Waals surface area (Å²) in [6.07, 6.45) is 5.53. The van der Waals surface area contributed by atoms with Gasteiger partial charge in [0, 0.05) is 6.61 Å². The van der Waals surface area contributed by atoms with Crippen LogP contribution >= 0.6 is 0 Å². The van der Waals surface area contributed by atoms with Crippen molar-refractivity contribution in [1.82, 2.24) is 0 Å². The molecule has 0 amide bonds. The summed E-state index contributed by atoms with van der Waals surface area (Å²) in [5, 5.41) is 0. The van der Waals surface area contributed by atoms with E-state index in [4.69, 9.17) is 4.74 Å². The van der Waals surface area contributed by atoms with Gasteiger partial charge in [-0.25, -0.2) is 0 Å². The van der Waals surface area contributed by atoms with E-state index < -0.39 is 0 Å². The normalized spacial score (nSPS) is 24.2. The van der Waals surface area contributed by atoms with Crippen molar-refractivity contribution in [3.8, 4) is 0 Å². The second kappa shape index (κ2) is 4.23. The Bertz CT molecular complexity index is 128. The Balaban J connectivity index is 2.42. The number of carbonyl (C=O) groups excluding carboxylic acids is 1. The molecule has 0 saturated carbocycles. The summed E-state index contributed by atoms with van der Waals surface area (Å²) < 4.78 is 5.21. The molecular weight excluding hydrogens is 128 g/mol. The van der Waals surface area contributed by atoms with Crippen LogP contribution in [-0.2, 0) is 9.53 Å². The maximum Gasteiger partial charge on any atom is 0.142 e. The minimum atomic E-state index is 0.777. The highest BCUT2D eigenvalue weighted by atomic mass is 16.5. The lowest BCUT2D eigenvalue weighted by molar-refractivity contribution is -0.104. The number of allylic oxidation sites excluding steroid dienone is 1. The third-order valence-electron chi connectivity index (χ3n) is 1.66. The molecule has 1 aliphatic rings. The number of carbonyl (C=O) groups is 1. The molecule has 1 rings (SSSR count). The van der Waals surface area contributed by atoms with Gasteiger partial charge >= 0.3 is 0 Å². The van der Waals surface area contributed by atoms with E-state index >= 15 is 0 Å². The molecular formula is C8H12O2. The first-order valence-electron chi connectivity index (χ1n) is 3.64. The number of ether oxygens (including phenoxy) is 1. The van der Waals surface area contributed by atoms with Crippen LogP contribution in [-0.4, -0.2) is 19.5 Å². The van der Waals surface area contributed by atoms with Crippen molar-refractivity contribution in [2.45, 2.75) is 19.3 Å². The van der Waals surface area contributed by atoms with Crippen LogP contribution in [0.2, 0.25) is 0 Å². The number of hydrogen-bond donors (Lipinski definition) is 0. The molecule has 10 heavy (non-hydrogen) atoms. The fraction of sp³-hybridized carbons (Fsp3) is 0.625. The third-order valence-corrected chi connectivity index (χ3v) is 1.66. The lowest BCUT2D eigenvalue weighted by atomic mass is 10.1. The largest absolute Gasteiger partial charge is 0.381 e. The zero-order chi connectivity index (χ0) is 7.23. The van der Waals surface area contributed by atoms with Gasteiger partial charge in [0.15, 0.2) is 0 Å². The van der Waals surface area contributed by atoms with Crippen LogP contribution < -0.4 is 0 Å². The number of aldehydes is 1. The Hall–Kier alpha value is -0.630. The van der Waals surface area contributed by atoms with Gasteiger partial charge in [-0.2, -0.15) is 0 Å². The Kier molecular flexibility index (Phi) is 3.16. The van der Waals surface area contributed by atoms with Crippen molar-refractivity contribution in [3.63, 3.8) is 0 Å². The fourth-order valence-electron chi connectivity index (χ4n) is 1.09. The second-order valence-corrected chi connectivity index (χ2v) is 2.43. The van der Waals surface area contributed by atoms with Crippen molar-refractivity contribution in [2.24, 2.45) is 0 Å². The van der Waals surface area contributed by atoms with Crippen molar-refractivity contribution in [2.75, 3.05) is 13.2 Å². The molecule has 0 aromatic carbocycles. The Morgan fingerprint density at radius 3 is 3.00 bits per heavy atom. The summed E-state index contributed by atoms with van der Waals surface area (Å²) >= 11 is 0. The minimum Gasteiger partial charge on any atom is -0.381 e. The molecule has 1 heterocycles. The number of hydrogen-bond acceptors (Lipinski definition) is 2. The molecule has 1 fully saturated rings. The maximum atomic E-state index is 10.1. The topological polar surface area (TPSA) is 26.3 Å². The van der Waals surface area contributed by atoms with E-state index in [0.29, 0.717) is 0 Å². The van der Waals surface area contributed by atoms with Crippen LogP contribution in [0.25, 0.3) is 0 Å². The molecule has 0 spiro atoms. The van der Waals surface area contributed by atoms with Crippen molar-refractivity contribution in [1.29, 1.82) is 0 Å². The first-order chi connectivity index (χ1) is 4.93. The Morgan fingerprint density at radius 1 is 1.30 bits per heavy atom. The van der Waals surface area contributed by atoms with Crippen LogP contribution in [0.1, 0.15) is 19.3 Å². The van der Waals surface area contributed by atoms with Crippen LogP contribution in [0.4, 0.5) is 0 Å². The number of rotatable bonds is 1. The summed E-state index contributed by atoms with van der Waals surface area (Å²) in [4.78, 5) is 10.1. The zero-order valence-corrected chi connectivity index (χ0v) is 6.01. The van der Waals surface area contributed by atoms with Crippen LogP contribution in [0.3, 0.4) is 0 Å². The Morgan fingerprint density at radius 2 is 2.20 bits per heavy atom. The van der Waals surface area contributed by atoms with Gasteiger partial charge in [0.2, 0.25) is 0 Å². The quantitative estimate of drug-likeness (QED) is 0.405. The SMILES string of the molecule is O=C/C=C1\CCCOCC1. The van der Waals surface area contributed by atoms with Gasteiger partial charge < -0.3 is 4.74 Å². The monoisotopic (exact) mass is 140 g/mol. The summed E-state index contributed by atoms with van der Waals surface area (Å²) in [5.41, 5.74) is 1.23. The lowest BCUT2D eigenvalue weighted by Crippen LogP contribution is -1.90. The van der Waals surface area contributed by atoms with E-state index in [1.165, 1.54) is 5.57 Å². The van der Waals surface area contributed by atoms with Gasteiger partial charge in [-0.1, -0.05) is 5.57 Å². The van der Waals surface area contributed by atoms with E-state index in [9.17, 15) is 4.79 Å². The van der Waals surface area contributed by atoms with E-state index in [1.54, 1.807) is 6.08 Å². The lowest BCUT2D eigenvalue weighted by Gasteiger charge is -1.96. The first kappa shape index (κ1) is 7.48. The molecule has 0 radical (unpaired) electrons. The molecule has 0 N–H and O–H groups in total. The molecule has 0 aromatic heterocycles. The summed E-state index contributed by atoms with van der Waals surface area (Å²) in [7, 11) is 0. The zero-order valence-electron chi connectivity index (χ0n) is 6.01. The summed E-state index contributed by atoms with van der Waals surface area (Å²) in [6.45, 7) is 1.62. The third kappa shape index (κ3) is 2.31. The minimum absolute atomic E-state index is 0.777. The van der Waals surface area contributed by atoms with E-state index in [2.05, 4.69) is 0 Å². The Labute approximate surface area is 60.9 Å². The molecule has 0 aliphatic carbocycles. The van der Waals surface area contributed by atoms with Crippen LogP contribution in [0.15, 0.2) is 11.6 Å². The molecule has 0 aromatic rings. The fourth-order valence-corrected chi connectivity index (χ4v) is 1.09. The molecule has 2 nitrogen and oxygen atoms in total. The van der Waals surface area contributed by atoms with Crippen molar-refractivity contribution >= 4 is 6.29 Å². The maximum absolute atomic E-state index is 10.1. The van der Waals surface area contributed by atoms with Gasteiger partial charge in [-0.05, 0) is 25.3 Å². The molecule has 0 atom stereocenters. The highest BCUT2D eigenvalue weighted by molar-refractivity contribution is 5.66. The highest BCUT2D eigenvalue weighted by Crippen LogP contribution is 2.12. The van der Waals surface area contributed by atoms with Crippen molar-refractivity contribution < 1.29 is 9.53 Å². The predicted octanol–water partition coefficient (Wildman–Crippen LogP) is 1.31. The smallest absolute Gasteiger partial charge is 0.142 e. The second-order valence-electron chi connectivity index (χ2n) is 2.43. The van der Waals surface area contributed by atoms with E-state index in [1.807, 2.05) is 0 Å². The van der Waals surface area contributed by atoms with Crippen LogP contribution in [0, 0.1) is 0 Å². The summed E-state index contributed by atoms with van der Waals surface area (Å²) in [6, 6.07) is 0. The van der Waals surface area contributed by atoms with Gasteiger partial charge in [0.05, 0.1) is 6.61 Å². The molecule has 1 aliphatic heterocycles. The van der Waals surface area contributed by atoms with Crippen molar-refractivity contribution in [3.05, 3.63) is 11.6 Å². The predicted molar refractivity (Wildman–Crippen MR) is 38.8 cm³/mol. The average molecular weight is 140 g/mol. The highest BCUT2D eigenvalue weighted by Gasteiger charge is 2.02. The molecule has 56 valence electrons. The van der Waals surface area contributed by atoms with Gasteiger partial charge in [-0.3, -0.25) is 4.79 Å². The molecule has 2 heteroatoms. The molecule has 0 bridgehead atoms. The van der Waals surface area contributed by atoms with Gasteiger partial charge in [-0.15, -0.1) is 0 Å². The van der Waals surface area contributed by atoms with Gasteiger partial charge in [0.1, 0.15) is 6.29 Å². The molecule has 1 saturated heterocycles.